The molecule has 0 unspecified atom stereocenters. The molecule has 0 aliphatic carbocycles. The van der Waals surface area contributed by atoms with Gasteiger partial charge in [-0.05, 0) is 19.1 Å². The summed E-state index contributed by atoms with van der Waals surface area (Å²) >= 11 is 0. The Labute approximate surface area is 91.9 Å². The number of hydrogen-bond acceptors (Lipinski definition) is 5. The van der Waals surface area contributed by atoms with E-state index in [1.54, 1.807) is 19.1 Å². The third kappa shape index (κ3) is 1.85. The van der Waals surface area contributed by atoms with Crippen molar-refractivity contribution in [2.24, 2.45) is 10.2 Å². The van der Waals surface area contributed by atoms with Gasteiger partial charge in [0.05, 0.1) is 12.5 Å². The van der Waals surface area contributed by atoms with Crippen LogP contribution in [0.1, 0.15) is 12.7 Å². The zero-order valence-corrected chi connectivity index (χ0v) is 8.67. The van der Waals surface area contributed by atoms with Gasteiger partial charge in [0.15, 0.2) is 0 Å². The zero-order chi connectivity index (χ0) is 11.5. The first-order valence-electron chi connectivity index (χ1n) is 4.59. The van der Waals surface area contributed by atoms with Crippen LogP contribution in [0.4, 0.5) is 0 Å². The monoisotopic (exact) mass is 218 g/mol. The van der Waals surface area contributed by atoms with Crippen LogP contribution in [-0.4, -0.2) is 22.8 Å². The lowest BCUT2D eigenvalue weighted by Gasteiger charge is -2.22. The molecule has 0 aromatic carbocycles. The highest BCUT2D eigenvalue weighted by Crippen LogP contribution is 2.07. The highest BCUT2D eigenvalue weighted by molar-refractivity contribution is 6.38. The summed E-state index contributed by atoms with van der Waals surface area (Å²) < 4.78 is 5.05. The Bertz CT molecular complexity index is 473. The number of amides is 1. The van der Waals surface area contributed by atoms with Crippen molar-refractivity contribution in [2.75, 3.05) is 0 Å². The minimum atomic E-state index is -0.313. The van der Waals surface area contributed by atoms with Crippen LogP contribution in [0.2, 0.25) is 0 Å². The van der Waals surface area contributed by atoms with E-state index < -0.39 is 0 Å². The van der Waals surface area contributed by atoms with Gasteiger partial charge in [-0.2, -0.15) is 15.2 Å². The van der Waals surface area contributed by atoms with Crippen LogP contribution in [0.5, 0.6) is 0 Å². The van der Waals surface area contributed by atoms with Crippen molar-refractivity contribution in [3.05, 3.63) is 36.6 Å². The molecule has 0 fully saturated rings. The van der Waals surface area contributed by atoms with E-state index in [9.17, 15) is 4.79 Å². The maximum Gasteiger partial charge on any atom is 0.295 e. The Hall–Kier alpha value is -2.37. The summed E-state index contributed by atoms with van der Waals surface area (Å²) in [5, 5.41) is 8.86. The molecule has 0 bridgehead atoms. The lowest BCUT2D eigenvalue weighted by atomic mass is 10.4. The molecule has 16 heavy (non-hydrogen) atoms. The molecular weight excluding hydrogens is 208 g/mol. The number of rotatable bonds is 2. The molecule has 2 heterocycles. The second-order valence-electron chi connectivity index (χ2n) is 3.13. The molecular formula is C10H10N4O2. The highest BCUT2D eigenvalue weighted by atomic mass is 16.3. The second-order valence-corrected chi connectivity index (χ2v) is 3.13. The lowest BCUT2D eigenvalue weighted by molar-refractivity contribution is -0.123. The van der Waals surface area contributed by atoms with Crippen molar-refractivity contribution < 1.29 is 9.21 Å². The summed E-state index contributed by atoms with van der Waals surface area (Å²) in [5.74, 6) is 0.547. The molecule has 0 atom stereocenters. The number of carbonyl (C=O) groups is 1. The van der Waals surface area contributed by atoms with Crippen molar-refractivity contribution in [1.29, 1.82) is 0 Å². The number of carbonyl (C=O) groups excluding carboxylic acids is 1. The van der Waals surface area contributed by atoms with Gasteiger partial charge in [-0.3, -0.25) is 10.2 Å². The van der Waals surface area contributed by atoms with Crippen LogP contribution < -0.4 is 5.43 Å². The van der Waals surface area contributed by atoms with Crippen LogP contribution in [0.3, 0.4) is 0 Å². The number of nitrogens with one attached hydrogen (secondary N) is 1. The third-order valence-electron chi connectivity index (χ3n) is 1.95. The fourth-order valence-electron chi connectivity index (χ4n) is 1.12. The average Bonchev–Trinajstić information content (AvgIpc) is 2.77. The largest absolute Gasteiger partial charge is 0.463 e. The Morgan fingerprint density at radius 3 is 3.19 bits per heavy atom. The normalized spacial score (nSPS) is 16.6. The Balaban J connectivity index is 2.18. The van der Waals surface area contributed by atoms with Crippen molar-refractivity contribution in [3.8, 4) is 0 Å². The Morgan fingerprint density at radius 2 is 2.50 bits per heavy atom. The van der Waals surface area contributed by atoms with Crippen LogP contribution in [0, 0.1) is 0 Å². The van der Waals surface area contributed by atoms with Gasteiger partial charge in [-0.25, -0.2) is 0 Å². The van der Waals surface area contributed by atoms with Crippen molar-refractivity contribution in [1.82, 2.24) is 10.4 Å². The molecule has 1 amide bonds. The van der Waals surface area contributed by atoms with E-state index in [4.69, 9.17) is 4.42 Å². The van der Waals surface area contributed by atoms with Crippen molar-refractivity contribution in [2.45, 2.75) is 6.92 Å². The molecule has 0 saturated heterocycles. The first kappa shape index (κ1) is 10.2. The number of furan rings is 1. The Kier molecular flexibility index (Phi) is 2.55. The van der Waals surface area contributed by atoms with E-state index in [2.05, 4.69) is 22.2 Å². The molecule has 1 aromatic rings. The maximum atomic E-state index is 11.6. The quantitative estimate of drug-likeness (QED) is 0.749. The predicted molar refractivity (Wildman–Crippen MR) is 58.5 cm³/mol. The molecule has 0 spiro atoms. The van der Waals surface area contributed by atoms with Crippen LogP contribution in [0.25, 0.3) is 0 Å². The van der Waals surface area contributed by atoms with Gasteiger partial charge in [0, 0.05) is 0 Å². The van der Waals surface area contributed by atoms with E-state index in [0.29, 0.717) is 17.3 Å². The SMILES string of the molecule is C=C1NN=C(C)C(=O)N1N=Cc1ccco1. The number of hydrogen-bond donors (Lipinski definition) is 1. The standard InChI is InChI=1S/C10H10N4O2/c1-7-10(15)14(8(2)13-12-7)11-6-9-4-3-5-16-9/h3-6,13H,2H2,1H3. The molecule has 82 valence electrons. The van der Waals surface area contributed by atoms with Crippen molar-refractivity contribution in [3.63, 3.8) is 0 Å². The van der Waals surface area contributed by atoms with E-state index >= 15 is 0 Å². The van der Waals surface area contributed by atoms with Gasteiger partial charge in [0.1, 0.15) is 17.3 Å². The summed E-state index contributed by atoms with van der Waals surface area (Å²) in [4.78, 5) is 11.6. The molecule has 6 nitrogen and oxygen atoms in total. The molecule has 1 aromatic heterocycles. The smallest absolute Gasteiger partial charge is 0.295 e. The molecule has 1 aliphatic heterocycles. The highest BCUT2D eigenvalue weighted by Gasteiger charge is 2.22. The molecule has 1 aliphatic rings. The van der Waals surface area contributed by atoms with Crippen molar-refractivity contribution >= 4 is 17.8 Å². The summed E-state index contributed by atoms with van der Waals surface area (Å²) in [5.41, 5.74) is 2.92. The molecule has 0 radical (unpaired) electrons. The molecule has 2 rings (SSSR count). The summed E-state index contributed by atoms with van der Waals surface area (Å²) in [6.45, 7) is 5.22. The maximum absolute atomic E-state index is 11.6. The van der Waals surface area contributed by atoms with Gasteiger partial charge >= 0.3 is 0 Å². The number of nitrogens with zero attached hydrogens (tertiary/aromatic N) is 3. The molecule has 6 heteroatoms. The van der Waals surface area contributed by atoms with E-state index in [-0.39, 0.29) is 5.91 Å². The third-order valence-corrected chi connectivity index (χ3v) is 1.95. The van der Waals surface area contributed by atoms with Crippen LogP contribution >= 0.6 is 0 Å². The topological polar surface area (TPSA) is 70.2 Å². The van der Waals surface area contributed by atoms with E-state index in [0.717, 1.165) is 5.01 Å². The fourth-order valence-corrected chi connectivity index (χ4v) is 1.12. The van der Waals surface area contributed by atoms with Crippen LogP contribution in [0.15, 0.2) is 45.4 Å². The predicted octanol–water partition coefficient (Wildman–Crippen LogP) is 0.892. The summed E-state index contributed by atoms with van der Waals surface area (Å²) in [6, 6.07) is 3.47. The molecule has 0 saturated carbocycles. The van der Waals surface area contributed by atoms with E-state index in [1.807, 2.05) is 0 Å². The lowest BCUT2D eigenvalue weighted by Crippen LogP contribution is -2.39. The first-order chi connectivity index (χ1) is 7.68. The summed E-state index contributed by atoms with van der Waals surface area (Å²) in [6.07, 6.45) is 2.96. The van der Waals surface area contributed by atoms with Crippen LogP contribution in [-0.2, 0) is 4.79 Å². The first-order valence-corrected chi connectivity index (χ1v) is 4.59. The van der Waals surface area contributed by atoms with Gasteiger partial charge < -0.3 is 4.42 Å². The van der Waals surface area contributed by atoms with Gasteiger partial charge in [-0.1, -0.05) is 6.58 Å². The molecule has 1 N–H and O–H groups in total. The second kappa shape index (κ2) is 4.01. The minimum Gasteiger partial charge on any atom is -0.463 e. The minimum absolute atomic E-state index is 0.304. The fraction of sp³-hybridized carbons (Fsp3) is 0.100. The average molecular weight is 218 g/mol. The van der Waals surface area contributed by atoms with E-state index in [1.165, 1.54) is 12.5 Å². The summed E-state index contributed by atoms with van der Waals surface area (Å²) in [7, 11) is 0. The zero-order valence-electron chi connectivity index (χ0n) is 8.67. The number of hydrazone groups is 2. The van der Waals surface area contributed by atoms with Gasteiger partial charge in [0.2, 0.25) is 0 Å². The van der Waals surface area contributed by atoms with Gasteiger partial charge in [0.25, 0.3) is 5.91 Å². The Morgan fingerprint density at radius 1 is 1.69 bits per heavy atom. The van der Waals surface area contributed by atoms with Gasteiger partial charge in [-0.15, -0.1) is 0 Å².